The molecule has 386 valence electrons. The van der Waals surface area contributed by atoms with E-state index in [1.165, 1.54) is 94.5 Å². The van der Waals surface area contributed by atoms with E-state index in [2.05, 4.69) is 231 Å². The third-order valence-electron chi connectivity index (χ3n) is 22.1. The molecule has 3 aromatic carbocycles. The summed E-state index contributed by atoms with van der Waals surface area (Å²) in [6, 6.07) is 0. The minimum absolute atomic E-state index is 0.00683. The number of ether oxygens (including phenoxy) is 3. The second-order valence-corrected chi connectivity index (χ2v) is 27.7. The number of methoxy groups -OCH3 is 2. The zero-order valence-electron chi connectivity index (χ0n) is 51.1. The Morgan fingerprint density at radius 1 is 0.391 bits per heavy atom. The van der Waals surface area contributed by atoms with Crippen LogP contribution in [0.15, 0.2) is 0 Å². The lowest BCUT2D eigenvalue weighted by molar-refractivity contribution is -0.189. The summed E-state index contributed by atoms with van der Waals surface area (Å²) in [5.41, 5.74) is 17.6. The van der Waals surface area contributed by atoms with Crippen molar-refractivity contribution in [2.75, 3.05) is 14.2 Å². The van der Waals surface area contributed by atoms with Crippen LogP contribution in [0.5, 0.6) is 17.2 Å². The molecule has 0 saturated carbocycles. The Kier molecular flexibility index (Phi) is 13.5. The number of fused-ring (bicyclic) bond motifs is 1. The maximum absolute atomic E-state index is 7.78. The molecule has 0 unspecified atom stereocenters. The Bertz CT molecular complexity index is 2630. The second kappa shape index (κ2) is 16.5. The molecule has 0 radical (unpaired) electrons. The predicted octanol–water partition coefficient (Wildman–Crippen LogP) is 17.7. The van der Waals surface area contributed by atoms with Gasteiger partial charge in [0.05, 0.1) is 36.5 Å². The molecule has 1 aromatic heterocycles. The van der Waals surface area contributed by atoms with Gasteiger partial charge < -0.3 is 18.8 Å². The highest BCUT2D eigenvalue weighted by atomic mass is 16.5. The highest BCUT2D eigenvalue weighted by Crippen LogP contribution is 2.71. The number of hydrogen-bond donors (Lipinski definition) is 0. The number of hydrogen-bond acceptors (Lipinski definition) is 4. The number of rotatable bonds is 9. The summed E-state index contributed by atoms with van der Waals surface area (Å²) in [6.07, 6.45) is 0. The molecule has 1 aliphatic rings. The fraction of sp³-hybridized carbons (Fsp3) is 0.688. The van der Waals surface area contributed by atoms with Crippen molar-refractivity contribution in [2.45, 2.75) is 255 Å². The SMILES string of the molecule is COc1c(C)c(C)c(-c2c(C(C)(C)C)c3c(C)c(OC)c(C)c(C)c3n2C(C)(C)c2c(C)c(C)c(OC(C)(C)C(C)(C)N3C(C)(C)C(C)(C)C(C)(C)C(C)(C)C(C)(C)C3(C)C)c(C)c2C)c(C)c1C. The third-order valence-corrected chi connectivity index (χ3v) is 22.1. The van der Waals surface area contributed by atoms with E-state index in [-0.39, 0.29) is 38.2 Å². The first kappa shape index (κ1) is 56.5. The first-order chi connectivity index (χ1) is 30.7. The van der Waals surface area contributed by atoms with Crippen molar-refractivity contribution in [1.82, 2.24) is 9.47 Å². The number of nitrogens with zero attached hydrogens (tertiary/aromatic N) is 2. The monoisotopic (exact) mass is 947 g/mol. The molecule has 0 N–H and O–H groups in total. The van der Waals surface area contributed by atoms with Crippen LogP contribution in [0.4, 0.5) is 0 Å². The van der Waals surface area contributed by atoms with E-state index in [1.807, 2.05) is 7.11 Å². The zero-order valence-corrected chi connectivity index (χ0v) is 51.1. The van der Waals surface area contributed by atoms with E-state index in [0.29, 0.717) is 0 Å². The first-order valence-electron chi connectivity index (χ1n) is 26.2. The molecule has 1 fully saturated rings. The molecule has 0 spiro atoms. The van der Waals surface area contributed by atoms with E-state index in [4.69, 9.17) is 14.2 Å². The van der Waals surface area contributed by atoms with Gasteiger partial charge in [0.15, 0.2) is 0 Å². The van der Waals surface area contributed by atoms with E-state index in [9.17, 15) is 0 Å². The van der Waals surface area contributed by atoms with Crippen LogP contribution in [0.25, 0.3) is 22.2 Å². The van der Waals surface area contributed by atoms with Crippen LogP contribution in [-0.4, -0.2) is 45.9 Å². The maximum Gasteiger partial charge on any atom is 0.126 e. The normalized spacial score (nSPS) is 19.2. The van der Waals surface area contributed by atoms with E-state index in [1.54, 1.807) is 7.11 Å². The minimum atomic E-state index is -0.618. The van der Waals surface area contributed by atoms with Gasteiger partial charge in [-0.2, -0.15) is 0 Å². The predicted molar refractivity (Wildman–Crippen MR) is 300 cm³/mol. The number of likely N-dealkylation sites (tertiary alicyclic amines) is 1. The second-order valence-electron chi connectivity index (χ2n) is 27.7. The Labute approximate surface area is 424 Å². The molecule has 5 heteroatoms. The fourth-order valence-corrected chi connectivity index (χ4v) is 14.7. The van der Waals surface area contributed by atoms with Crippen LogP contribution in [0.3, 0.4) is 0 Å². The lowest BCUT2D eigenvalue weighted by Crippen LogP contribution is -2.76. The van der Waals surface area contributed by atoms with Crippen LogP contribution in [0.2, 0.25) is 0 Å². The topological polar surface area (TPSA) is 35.9 Å². The number of aryl methyl sites for hydroxylation is 2. The smallest absolute Gasteiger partial charge is 0.126 e. The van der Waals surface area contributed by atoms with Crippen LogP contribution >= 0.6 is 0 Å². The average molecular weight is 948 g/mol. The van der Waals surface area contributed by atoms with Crippen molar-refractivity contribution in [3.8, 4) is 28.5 Å². The van der Waals surface area contributed by atoms with E-state index >= 15 is 0 Å². The highest BCUT2D eigenvalue weighted by molar-refractivity contribution is 6.01. The highest BCUT2D eigenvalue weighted by Gasteiger charge is 2.72. The lowest BCUT2D eigenvalue weighted by atomic mass is 9.43. The van der Waals surface area contributed by atoms with Gasteiger partial charge >= 0.3 is 0 Å². The summed E-state index contributed by atoms with van der Waals surface area (Å²) in [6.45, 7) is 77.1. The molecule has 4 aromatic rings. The van der Waals surface area contributed by atoms with Crippen molar-refractivity contribution in [1.29, 1.82) is 0 Å². The molecule has 0 bridgehead atoms. The first-order valence-corrected chi connectivity index (χ1v) is 26.2. The summed E-state index contributed by atoms with van der Waals surface area (Å²) in [7, 11) is 3.63. The van der Waals surface area contributed by atoms with Crippen molar-refractivity contribution >= 4 is 10.9 Å². The molecule has 5 rings (SSSR count). The average Bonchev–Trinajstić information content (AvgIpc) is 3.57. The molecule has 2 heterocycles. The molecule has 5 nitrogen and oxygen atoms in total. The van der Waals surface area contributed by atoms with Crippen LogP contribution in [-0.2, 0) is 11.0 Å². The molecule has 1 aliphatic heterocycles. The Morgan fingerprint density at radius 3 is 1.10 bits per heavy atom. The van der Waals surface area contributed by atoms with Crippen molar-refractivity contribution < 1.29 is 14.2 Å². The molecule has 0 amide bonds. The standard InChI is InChI=1S/C64H102N2O3/c1-35-40(6)52(67-33)41(7)36(2)46(35)51-49(55(12,13)14)47-45(11)53(68-34)44(10)39(5)50(47)65(51)56(15,16)48-37(3)42(8)54(43(9)38(48)4)69-64(31,32)63(29,30)66-61(25,26)59(21,22)57(17,18)58(19,20)60(23,24)62(66,27)28/h1-34H3. The van der Waals surface area contributed by atoms with E-state index < -0.39 is 16.7 Å². The van der Waals surface area contributed by atoms with Gasteiger partial charge in [-0.05, 0) is 239 Å². The molecule has 0 atom stereocenters. The van der Waals surface area contributed by atoms with Crippen molar-refractivity contribution in [3.05, 3.63) is 72.3 Å². The number of benzene rings is 3. The van der Waals surface area contributed by atoms with Gasteiger partial charge in [0.1, 0.15) is 22.8 Å². The molecular formula is C64H102N2O3. The molecular weight excluding hydrogens is 845 g/mol. The van der Waals surface area contributed by atoms with Gasteiger partial charge in [-0.1, -0.05) is 76.2 Å². The summed E-state index contributed by atoms with van der Waals surface area (Å²) >= 11 is 0. The Hall–Kier alpha value is -3.44. The largest absolute Gasteiger partial charge is 0.496 e. The third kappa shape index (κ3) is 7.18. The Balaban J connectivity index is 1.91. The van der Waals surface area contributed by atoms with E-state index in [0.717, 1.165) is 17.2 Å². The van der Waals surface area contributed by atoms with Gasteiger partial charge in [0.25, 0.3) is 0 Å². The quantitative estimate of drug-likeness (QED) is 0.167. The molecule has 69 heavy (non-hydrogen) atoms. The van der Waals surface area contributed by atoms with Gasteiger partial charge in [-0.15, -0.1) is 0 Å². The maximum atomic E-state index is 7.78. The van der Waals surface area contributed by atoms with Gasteiger partial charge in [0, 0.05) is 27.6 Å². The summed E-state index contributed by atoms with van der Waals surface area (Å²) in [5.74, 6) is 2.95. The summed E-state index contributed by atoms with van der Waals surface area (Å²) < 4.78 is 22.9. The minimum Gasteiger partial charge on any atom is -0.496 e. The van der Waals surface area contributed by atoms with Gasteiger partial charge in [-0.3, -0.25) is 4.90 Å². The van der Waals surface area contributed by atoms with Crippen molar-refractivity contribution in [2.24, 2.45) is 21.7 Å². The van der Waals surface area contributed by atoms with Gasteiger partial charge in [0.2, 0.25) is 0 Å². The van der Waals surface area contributed by atoms with Crippen LogP contribution in [0.1, 0.15) is 218 Å². The molecule has 0 aliphatic carbocycles. The van der Waals surface area contributed by atoms with Crippen molar-refractivity contribution in [3.63, 3.8) is 0 Å². The molecule has 1 saturated heterocycles. The zero-order chi connectivity index (χ0) is 53.8. The fourth-order valence-electron chi connectivity index (χ4n) is 14.7. The number of aromatic nitrogens is 1. The summed E-state index contributed by atoms with van der Waals surface area (Å²) in [5, 5.41) is 1.29. The van der Waals surface area contributed by atoms with Crippen LogP contribution < -0.4 is 14.2 Å². The van der Waals surface area contributed by atoms with Gasteiger partial charge in [-0.25, -0.2) is 0 Å². The lowest BCUT2D eigenvalue weighted by Gasteiger charge is -2.66. The summed E-state index contributed by atoms with van der Waals surface area (Å²) in [4.78, 5) is 2.89. The van der Waals surface area contributed by atoms with Crippen LogP contribution in [0, 0.1) is 97.8 Å². The Morgan fingerprint density at radius 2 is 0.739 bits per heavy atom.